The van der Waals surface area contributed by atoms with E-state index in [4.69, 9.17) is 4.74 Å². The second kappa shape index (κ2) is 7.47. The van der Waals surface area contributed by atoms with Gasteiger partial charge in [0.05, 0.1) is 7.11 Å². The van der Waals surface area contributed by atoms with Gasteiger partial charge in [0.2, 0.25) is 0 Å². The number of nitrogens with zero attached hydrogens (tertiary/aromatic N) is 2. The molecule has 0 aliphatic carbocycles. The lowest BCUT2D eigenvalue weighted by Gasteiger charge is -2.24. The minimum Gasteiger partial charge on any atom is -0.497 e. The predicted octanol–water partition coefficient (Wildman–Crippen LogP) is 4.16. The lowest BCUT2D eigenvalue weighted by molar-refractivity contribution is 0.250. The lowest BCUT2D eigenvalue weighted by atomic mass is 10.0. The average molecular weight is 330 g/mol. The molecular formula is C19H26N2OS. The second-order valence-corrected chi connectivity index (χ2v) is 7.56. The first-order valence-electron chi connectivity index (χ1n) is 8.24. The zero-order chi connectivity index (χ0) is 16.2. The van der Waals surface area contributed by atoms with Crippen LogP contribution in [0.3, 0.4) is 0 Å². The SMILES string of the molecule is COc1cccc(C2CCCN2Cc2cc(CN(C)C)cs2)c1. The Balaban J connectivity index is 1.70. The monoisotopic (exact) mass is 330 g/mol. The summed E-state index contributed by atoms with van der Waals surface area (Å²) in [6.45, 7) is 3.26. The summed E-state index contributed by atoms with van der Waals surface area (Å²) in [5.41, 5.74) is 2.80. The quantitative estimate of drug-likeness (QED) is 0.791. The van der Waals surface area contributed by atoms with Crippen molar-refractivity contribution in [3.05, 3.63) is 51.7 Å². The van der Waals surface area contributed by atoms with E-state index in [1.807, 2.05) is 17.4 Å². The molecule has 1 aliphatic rings. The maximum atomic E-state index is 5.39. The third-order valence-electron chi connectivity index (χ3n) is 4.41. The summed E-state index contributed by atoms with van der Waals surface area (Å²) < 4.78 is 5.39. The molecule has 23 heavy (non-hydrogen) atoms. The van der Waals surface area contributed by atoms with E-state index in [0.717, 1.165) is 18.8 Å². The average Bonchev–Trinajstić information content (AvgIpc) is 3.17. The molecule has 124 valence electrons. The highest BCUT2D eigenvalue weighted by Crippen LogP contribution is 2.35. The highest BCUT2D eigenvalue weighted by molar-refractivity contribution is 7.10. The first-order chi connectivity index (χ1) is 11.2. The number of likely N-dealkylation sites (tertiary alicyclic amines) is 1. The molecule has 0 spiro atoms. The Hall–Kier alpha value is -1.36. The highest BCUT2D eigenvalue weighted by atomic mass is 32.1. The molecule has 0 amide bonds. The topological polar surface area (TPSA) is 15.7 Å². The van der Waals surface area contributed by atoms with Gasteiger partial charge in [-0.2, -0.15) is 0 Å². The molecule has 0 radical (unpaired) electrons. The van der Waals surface area contributed by atoms with Gasteiger partial charge < -0.3 is 9.64 Å². The van der Waals surface area contributed by atoms with Gasteiger partial charge in [0.25, 0.3) is 0 Å². The Morgan fingerprint density at radius 3 is 2.96 bits per heavy atom. The van der Waals surface area contributed by atoms with Crippen LogP contribution in [0.25, 0.3) is 0 Å². The Morgan fingerprint density at radius 2 is 2.17 bits per heavy atom. The van der Waals surface area contributed by atoms with Gasteiger partial charge in [-0.1, -0.05) is 12.1 Å². The van der Waals surface area contributed by atoms with Crippen molar-refractivity contribution < 1.29 is 4.74 Å². The number of thiophene rings is 1. The van der Waals surface area contributed by atoms with Crippen LogP contribution in [0.2, 0.25) is 0 Å². The van der Waals surface area contributed by atoms with Crippen molar-refractivity contribution >= 4 is 11.3 Å². The van der Waals surface area contributed by atoms with E-state index in [-0.39, 0.29) is 0 Å². The Kier molecular flexibility index (Phi) is 5.36. The summed E-state index contributed by atoms with van der Waals surface area (Å²) in [6.07, 6.45) is 2.51. The second-order valence-electron chi connectivity index (χ2n) is 6.56. The predicted molar refractivity (Wildman–Crippen MR) is 97.1 cm³/mol. The van der Waals surface area contributed by atoms with Crippen molar-refractivity contribution in [2.24, 2.45) is 0 Å². The van der Waals surface area contributed by atoms with Gasteiger partial charge in [-0.3, -0.25) is 4.90 Å². The van der Waals surface area contributed by atoms with Gasteiger partial charge in [-0.25, -0.2) is 0 Å². The molecule has 2 heterocycles. The lowest BCUT2D eigenvalue weighted by Crippen LogP contribution is -2.22. The summed E-state index contributed by atoms with van der Waals surface area (Å²) >= 11 is 1.89. The molecule has 1 unspecified atom stereocenters. The summed E-state index contributed by atoms with van der Waals surface area (Å²) in [6, 6.07) is 11.4. The van der Waals surface area contributed by atoms with Gasteiger partial charge in [0.15, 0.2) is 0 Å². The van der Waals surface area contributed by atoms with E-state index >= 15 is 0 Å². The Bertz CT molecular complexity index is 638. The Labute approximate surface area is 143 Å². The Morgan fingerprint density at radius 1 is 1.30 bits per heavy atom. The van der Waals surface area contributed by atoms with Crippen molar-refractivity contribution in [1.82, 2.24) is 9.80 Å². The number of hydrogen-bond acceptors (Lipinski definition) is 4. The zero-order valence-electron chi connectivity index (χ0n) is 14.3. The molecule has 1 fully saturated rings. The molecule has 4 heteroatoms. The molecule has 1 aromatic carbocycles. The number of hydrogen-bond donors (Lipinski definition) is 0. The van der Waals surface area contributed by atoms with Crippen LogP contribution < -0.4 is 4.74 Å². The van der Waals surface area contributed by atoms with Crippen LogP contribution in [-0.2, 0) is 13.1 Å². The van der Waals surface area contributed by atoms with Crippen LogP contribution >= 0.6 is 11.3 Å². The van der Waals surface area contributed by atoms with E-state index in [1.165, 1.54) is 35.4 Å². The third-order valence-corrected chi connectivity index (χ3v) is 5.38. The van der Waals surface area contributed by atoms with E-state index in [0.29, 0.717) is 6.04 Å². The molecule has 3 rings (SSSR count). The molecule has 2 aromatic rings. The largest absolute Gasteiger partial charge is 0.497 e. The van der Waals surface area contributed by atoms with E-state index in [2.05, 4.69) is 53.5 Å². The van der Waals surface area contributed by atoms with Crippen molar-refractivity contribution in [2.45, 2.75) is 32.0 Å². The molecule has 0 bridgehead atoms. The first-order valence-corrected chi connectivity index (χ1v) is 9.12. The van der Waals surface area contributed by atoms with Crippen LogP contribution in [-0.4, -0.2) is 37.5 Å². The van der Waals surface area contributed by atoms with Gasteiger partial charge >= 0.3 is 0 Å². The summed E-state index contributed by atoms with van der Waals surface area (Å²) in [4.78, 5) is 6.30. The van der Waals surface area contributed by atoms with Crippen molar-refractivity contribution in [1.29, 1.82) is 0 Å². The molecule has 1 aromatic heterocycles. The van der Waals surface area contributed by atoms with Gasteiger partial charge in [-0.05, 0) is 68.2 Å². The molecule has 1 atom stereocenters. The summed E-state index contributed by atoms with van der Waals surface area (Å²) in [7, 11) is 5.98. The number of rotatable bonds is 6. The van der Waals surface area contributed by atoms with E-state index in [1.54, 1.807) is 7.11 Å². The summed E-state index contributed by atoms with van der Waals surface area (Å²) in [5.74, 6) is 0.957. The molecule has 1 aliphatic heterocycles. The fourth-order valence-electron chi connectivity index (χ4n) is 3.40. The smallest absolute Gasteiger partial charge is 0.119 e. The third kappa shape index (κ3) is 4.14. The van der Waals surface area contributed by atoms with Crippen molar-refractivity contribution in [3.8, 4) is 5.75 Å². The van der Waals surface area contributed by atoms with E-state index in [9.17, 15) is 0 Å². The summed E-state index contributed by atoms with van der Waals surface area (Å²) in [5, 5.41) is 2.30. The maximum Gasteiger partial charge on any atom is 0.119 e. The highest BCUT2D eigenvalue weighted by Gasteiger charge is 2.26. The van der Waals surface area contributed by atoms with Crippen LogP contribution in [0.4, 0.5) is 0 Å². The molecule has 0 saturated carbocycles. The zero-order valence-corrected chi connectivity index (χ0v) is 15.1. The molecular weight excluding hydrogens is 304 g/mol. The standard InChI is InChI=1S/C19H26N2OS/c1-20(2)12-15-10-18(23-14-15)13-21-9-5-8-19(21)16-6-4-7-17(11-16)22-3/h4,6-7,10-11,14,19H,5,8-9,12-13H2,1-3H3. The molecule has 3 nitrogen and oxygen atoms in total. The fourth-order valence-corrected chi connectivity index (χ4v) is 4.30. The molecule has 1 saturated heterocycles. The number of methoxy groups -OCH3 is 1. The van der Waals surface area contributed by atoms with Crippen LogP contribution in [0.15, 0.2) is 35.7 Å². The number of ether oxygens (including phenoxy) is 1. The van der Waals surface area contributed by atoms with Crippen LogP contribution in [0.1, 0.15) is 34.9 Å². The van der Waals surface area contributed by atoms with Crippen LogP contribution in [0.5, 0.6) is 5.75 Å². The van der Waals surface area contributed by atoms with Crippen LogP contribution in [0, 0.1) is 0 Å². The van der Waals surface area contributed by atoms with Gasteiger partial charge in [0.1, 0.15) is 5.75 Å². The fraction of sp³-hybridized carbons (Fsp3) is 0.474. The maximum absolute atomic E-state index is 5.39. The first kappa shape index (κ1) is 16.5. The minimum atomic E-state index is 0.518. The normalized spacial score (nSPS) is 18.7. The molecule has 0 N–H and O–H groups in total. The van der Waals surface area contributed by atoms with E-state index < -0.39 is 0 Å². The van der Waals surface area contributed by atoms with Crippen molar-refractivity contribution in [2.75, 3.05) is 27.7 Å². The number of benzene rings is 1. The van der Waals surface area contributed by atoms with Crippen molar-refractivity contribution in [3.63, 3.8) is 0 Å². The van der Waals surface area contributed by atoms with Gasteiger partial charge in [0, 0.05) is 24.0 Å². The van der Waals surface area contributed by atoms with Gasteiger partial charge in [-0.15, -0.1) is 11.3 Å². The minimum absolute atomic E-state index is 0.518.